The number of hydrogen-bond donors (Lipinski definition) is 3. The third-order valence-corrected chi connectivity index (χ3v) is 5.45. The number of thioether (sulfide) groups is 1. The molecule has 2 aromatic carbocycles. The van der Waals surface area contributed by atoms with E-state index in [1.807, 2.05) is 6.92 Å². The van der Waals surface area contributed by atoms with Crippen molar-refractivity contribution in [3.63, 3.8) is 0 Å². The van der Waals surface area contributed by atoms with Crippen molar-refractivity contribution in [1.29, 1.82) is 0 Å². The molecule has 1 atom stereocenters. The van der Waals surface area contributed by atoms with Crippen molar-refractivity contribution in [1.82, 2.24) is 10.9 Å². The van der Waals surface area contributed by atoms with Crippen molar-refractivity contribution < 1.29 is 14.4 Å². The molecule has 1 aliphatic heterocycles. The number of anilines is 1. The lowest BCUT2D eigenvalue weighted by molar-refractivity contribution is -0.115. The molecule has 3 amide bonds. The van der Waals surface area contributed by atoms with Gasteiger partial charge < -0.3 is 5.32 Å². The van der Waals surface area contributed by atoms with Crippen LogP contribution >= 0.6 is 27.7 Å². The normalized spacial score (nSPS) is 15.8. The average Bonchev–Trinajstić information content (AvgIpc) is 2.60. The third-order valence-electron chi connectivity index (χ3n) is 3.58. The van der Waals surface area contributed by atoms with Crippen LogP contribution in [0.1, 0.15) is 27.6 Å². The van der Waals surface area contributed by atoms with E-state index in [-0.39, 0.29) is 11.2 Å². The minimum atomic E-state index is -0.471. The van der Waals surface area contributed by atoms with Crippen LogP contribution in [0.25, 0.3) is 0 Å². The lowest BCUT2D eigenvalue weighted by Crippen LogP contribution is -2.41. The molecule has 2 aromatic rings. The molecule has 128 valence electrons. The van der Waals surface area contributed by atoms with Gasteiger partial charge in [-0.2, -0.15) is 0 Å². The van der Waals surface area contributed by atoms with E-state index < -0.39 is 11.8 Å². The molecule has 3 rings (SSSR count). The molecule has 0 aliphatic carbocycles. The van der Waals surface area contributed by atoms with Gasteiger partial charge in [0.2, 0.25) is 5.91 Å². The minimum absolute atomic E-state index is 0.0997. The van der Waals surface area contributed by atoms with E-state index in [0.717, 1.165) is 4.90 Å². The highest BCUT2D eigenvalue weighted by Crippen LogP contribution is 2.35. The van der Waals surface area contributed by atoms with Crippen LogP contribution in [-0.2, 0) is 4.79 Å². The number of fused-ring (bicyclic) bond motifs is 1. The summed E-state index contributed by atoms with van der Waals surface area (Å²) in [5, 5.41) is 2.60. The summed E-state index contributed by atoms with van der Waals surface area (Å²) in [6, 6.07) is 11.9. The number of rotatable bonds is 2. The smallest absolute Gasteiger partial charge is 0.270 e. The summed E-state index contributed by atoms with van der Waals surface area (Å²) in [7, 11) is 0. The van der Waals surface area contributed by atoms with Gasteiger partial charge in [0.25, 0.3) is 11.8 Å². The highest BCUT2D eigenvalue weighted by Gasteiger charge is 2.23. The van der Waals surface area contributed by atoms with Gasteiger partial charge in [0, 0.05) is 14.9 Å². The lowest BCUT2D eigenvalue weighted by atomic mass is 10.2. The van der Waals surface area contributed by atoms with E-state index in [1.54, 1.807) is 42.5 Å². The molecule has 1 unspecified atom stereocenters. The molecule has 0 bridgehead atoms. The maximum Gasteiger partial charge on any atom is 0.270 e. The quantitative estimate of drug-likeness (QED) is 0.652. The SMILES string of the molecule is CC1Sc2ccc(C(=O)NNC(=O)c3ccccc3Br)cc2NC1=O. The third kappa shape index (κ3) is 3.85. The second kappa shape index (κ2) is 7.28. The fourth-order valence-electron chi connectivity index (χ4n) is 2.25. The first kappa shape index (κ1) is 17.5. The predicted octanol–water partition coefficient (Wildman–Crippen LogP) is 2.96. The molecule has 25 heavy (non-hydrogen) atoms. The van der Waals surface area contributed by atoms with Gasteiger partial charge in [-0.25, -0.2) is 0 Å². The average molecular weight is 420 g/mol. The lowest BCUT2D eigenvalue weighted by Gasteiger charge is -2.21. The highest BCUT2D eigenvalue weighted by atomic mass is 79.9. The zero-order valence-corrected chi connectivity index (χ0v) is 15.5. The van der Waals surface area contributed by atoms with Crippen molar-refractivity contribution >= 4 is 51.1 Å². The van der Waals surface area contributed by atoms with Gasteiger partial charge in [-0.3, -0.25) is 25.2 Å². The maximum atomic E-state index is 12.2. The molecule has 0 saturated carbocycles. The predicted molar refractivity (Wildman–Crippen MR) is 99.5 cm³/mol. The summed E-state index contributed by atoms with van der Waals surface area (Å²) in [5.74, 6) is -1.00. The van der Waals surface area contributed by atoms with Crippen molar-refractivity contribution in [3.8, 4) is 0 Å². The van der Waals surface area contributed by atoms with Crippen molar-refractivity contribution in [2.24, 2.45) is 0 Å². The van der Waals surface area contributed by atoms with Crippen LogP contribution in [-0.4, -0.2) is 23.0 Å². The maximum absolute atomic E-state index is 12.2. The molecule has 0 saturated heterocycles. The Hall–Kier alpha value is -2.32. The molecule has 6 nitrogen and oxygen atoms in total. The Morgan fingerprint density at radius 3 is 2.60 bits per heavy atom. The van der Waals surface area contributed by atoms with Crippen LogP contribution < -0.4 is 16.2 Å². The van der Waals surface area contributed by atoms with E-state index in [4.69, 9.17) is 0 Å². The van der Waals surface area contributed by atoms with Gasteiger partial charge in [-0.1, -0.05) is 12.1 Å². The highest BCUT2D eigenvalue weighted by molar-refractivity contribution is 9.10. The van der Waals surface area contributed by atoms with E-state index in [2.05, 4.69) is 32.1 Å². The number of hydrazine groups is 1. The fraction of sp³-hybridized carbons (Fsp3) is 0.118. The number of carbonyl (C=O) groups is 3. The molecule has 0 aromatic heterocycles. The Morgan fingerprint density at radius 2 is 1.84 bits per heavy atom. The first-order valence-corrected chi connectivity index (χ1v) is 9.10. The summed E-state index contributed by atoms with van der Waals surface area (Å²) in [6.07, 6.45) is 0. The second-order valence-corrected chi connectivity index (χ2v) is 7.59. The van der Waals surface area contributed by atoms with Crippen LogP contribution in [0.4, 0.5) is 5.69 Å². The number of nitrogens with one attached hydrogen (secondary N) is 3. The molecule has 8 heteroatoms. The molecular weight excluding hydrogens is 406 g/mol. The Balaban J connectivity index is 1.68. The summed E-state index contributed by atoms with van der Waals surface area (Å²) in [5.41, 5.74) is 6.08. The van der Waals surface area contributed by atoms with Crippen molar-refractivity contribution in [2.75, 3.05) is 5.32 Å². The molecule has 1 heterocycles. The number of benzene rings is 2. The van der Waals surface area contributed by atoms with Gasteiger partial charge in [0.05, 0.1) is 16.5 Å². The van der Waals surface area contributed by atoms with Gasteiger partial charge in [0.15, 0.2) is 0 Å². The molecule has 0 radical (unpaired) electrons. The van der Waals surface area contributed by atoms with Crippen molar-refractivity contribution in [2.45, 2.75) is 17.1 Å². The summed E-state index contributed by atoms with van der Waals surface area (Å²) in [6.45, 7) is 1.82. The zero-order valence-electron chi connectivity index (χ0n) is 13.1. The number of halogens is 1. The van der Waals surface area contributed by atoms with Gasteiger partial charge in [-0.05, 0) is 53.2 Å². The summed E-state index contributed by atoms with van der Waals surface area (Å²) >= 11 is 4.72. The van der Waals surface area contributed by atoms with Crippen LogP contribution in [0.2, 0.25) is 0 Å². The van der Waals surface area contributed by atoms with Gasteiger partial charge >= 0.3 is 0 Å². The standard InChI is InChI=1S/C17H14BrN3O3S/c1-9-15(22)19-13-8-10(6-7-14(13)25-9)16(23)20-21-17(24)11-4-2-3-5-12(11)18/h2-9H,1H3,(H,19,22)(H,20,23)(H,21,24). The molecule has 0 fully saturated rings. The number of hydrogen-bond acceptors (Lipinski definition) is 4. The topological polar surface area (TPSA) is 87.3 Å². The van der Waals surface area contributed by atoms with E-state index in [1.165, 1.54) is 11.8 Å². The van der Waals surface area contributed by atoms with Crippen molar-refractivity contribution in [3.05, 3.63) is 58.1 Å². The zero-order chi connectivity index (χ0) is 18.0. The van der Waals surface area contributed by atoms with E-state index in [0.29, 0.717) is 21.3 Å². The van der Waals surface area contributed by atoms with E-state index >= 15 is 0 Å². The second-order valence-electron chi connectivity index (χ2n) is 5.35. The van der Waals surface area contributed by atoms with Crippen LogP contribution in [0.3, 0.4) is 0 Å². The fourth-order valence-corrected chi connectivity index (χ4v) is 3.64. The molecule has 1 aliphatic rings. The van der Waals surface area contributed by atoms with E-state index in [9.17, 15) is 14.4 Å². The number of carbonyl (C=O) groups excluding carboxylic acids is 3. The molecular formula is C17H14BrN3O3S. The van der Waals surface area contributed by atoms with Crippen LogP contribution in [0.15, 0.2) is 51.8 Å². The minimum Gasteiger partial charge on any atom is -0.324 e. The Morgan fingerprint density at radius 1 is 1.12 bits per heavy atom. The Kier molecular flexibility index (Phi) is 5.10. The first-order chi connectivity index (χ1) is 12.0. The van der Waals surface area contributed by atoms with Gasteiger partial charge in [-0.15, -0.1) is 11.8 Å². The van der Waals surface area contributed by atoms with Crippen LogP contribution in [0, 0.1) is 0 Å². The summed E-state index contributed by atoms with van der Waals surface area (Å²) in [4.78, 5) is 37.0. The largest absolute Gasteiger partial charge is 0.324 e. The first-order valence-electron chi connectivity index (χ1n) is 7.42. The van der Waals surface area contributed by atoms with Crippen LogP contribution in [0.5, 0.6) is 0 Å². The molecule has 3 N–H and O–H groups in total. The number of amides is 3. The monoisotopic (exact) mass is 419 g/mol. The van der Waals surface area contributed by atoms with Gasteiger partial charge in [0.1, 0.15) is 0 Å². The Labute approximate surface area is 156 Å². The molecule has 0 spiro atoms. The summed E-state index contributed by atoms with van der Waals surface area (Å²) < 4.78 is 0.629. The Bertz CT molecular complexity index is 872.